The van der Waals surface area contributed by atoms with Gasteiger partial charge in [0.1, 0.15) is 0 Å². The van der Waals surface area contributed by atoms with Crippen LogP contribution in [-0.2, 0) is 4.79 Å². The number of unbranched alkanes of at least 4 members (excludes halogenated alkanes) is 2. The lowest BCUT2D eigenvalue weighted by Crippen LogP contribution is -1.87. The van der Waals surface area contributed by atoms with Crippen molar-refractivity contribution in [3.05, 3.63) is 0 Å². The first-order chi connectivity index (χ1) is 4.27. The Morgan fingerprint density at radius 1 is 1.22 bits per heavy atom. The Balaban J connectivity index is 2.83. The molecule has 0 bridgehead atoms. The molecular formula is C6H10F2O. The number of carbonyl (C=O) groups is 1. The largest absolute Gasteiger partial charge is 0.301 e. The van der Waals surface area contributed by atoms with E-state index in [-0.39, 0.29) is 13.1 Å². The number of hydrogen-bond donors (Lipinski definition) is 0. The summed E-state index contributed by atoms with van der Waals surface area (Å²) in [6, 6.07) is -1.30. The molecule has 0 aliphatic rings. The minimum Gasteiger partial charge on any atom is -0.261 e. The van der Waals surface area contributed by atoms with E-state index in [4.69, 9.17) is 0 Å². The second-order valence-corrected chi connectivity index (χ2v) is 1.85. The van der Waals surface area contributed by atoms with E-state index in [0.29, 0.717) is 19.3 Å². The number of carbonyl (C=O) groups excluding carboxylic acids is 1. The van der Waals surface area contributed by atoms with Gasteiger partial charge >= 0.3 is 6.04 Å². The molecule has 0 atom stereocenters. The molecule has 1 nitrogen and oxygen atoms in total. The lowest BCUT2D eigenvalue weighted by atomic mass is 10.2. The average molecular weight is 136 g/mol. The average Bonchev–Trinajstić information content (AvgIpc) is 1.80. The van der Waals surface area contributed by atoms with Gasteiger partial charge in [-0.1, -0.05) is 6.42 Å². The lowest BCUT2D eigenvalue weighted by Gasteiger charge is -1.90. The van der Waals surface area contributed by atoms with E-state index in [1.165, 1.54) is 0 Å². The van der Waals surface area contributed by atoms with Crippen molar-refractivity contribution in [1.29, 1.82) is 0 Å². The molecule has 0 aromatic carbocycles. The van der Waals surface area contributed by atoms with E-state index in [2.05, 4.69) is 0 Å². The fraction of sp³-hybridized carbons (Fsp3) is 0.833. The van der Waals surface area contributed by atoms with E-state index in [1.807, 2.05) is 0 Å². The molecule has 3 heteroatoms. The fourth-order valence-corrected chi connectivity index (χ4v) is 0.535. The van der Waals surface area contributed by atoms with Crippen molar-refractivity contribution in [2.24, 2.45) is 0 Å². The third kappa shape index (κ3) is 7.53. The Morgan fingerprint density at radius 3 is 2.33 bits per heavy atom. The van der Waals surface area contributed by atoms with Gasteiger partial charge in [0.2, 0.25) is 0 Å². The van der Waals surface area contributed by atoms with E-state index in [1.54, 1.807) is 0 Å². The Labute approximate surface area is 53.1 Å². The van der Waals surface area contributed by atoms with Crippen LogP contribution >= 0.6 is 0 Å². The van der Waals surface area contributed by atoms with Gasteiger partial charge in [-0.05, 0) is 12.8 Å². The third-order valence-corrected chi connectivity index (χ3v) is 1.01. The van der Waals surface area contributed by atoms with E-state index in [9.17, 15) is 13.6 Å². The van der Waals surface area contributed by atoms with Crippen molar-refractivity contribution in [2.75, 3.05) is 6.67 Å². The summed E-state index contributed by atoms with van der Waals surface area (Å²) in [6.07, 6.45) is 1.46. The van der Waals surface area contributed by atoms with Crippen molar-refractivity contribution in [3.8, 4) is 0 Å². The molecule has 0 spiro atoms. The quantitative estimate of drug-likeness (QED) is 0.417. The second-order valence-electron chi connectivity index (χ2n) is 1.85. The van der Waals surface area contributed by atoms with Crippen molar-refractivity contribution < 1.29 is 13.6 Å². The fourth-order valence-electron chi connectivity index (χ4n) is 0.535. The summed E-state index contributed by atoms with van der Waals surface area (Å²) in [6.45, 7) is -0.375. The summed E-state index contributed by atoms with van der Waals surface area (Å²) in [7, 11) is 0. The van der Waals surface area contributed by atoms with Gasteiger partial charge < -0.3 is 0 Å². The number of halogens is 2. The first-order valence-electron chi connectivity index (χ1n) is 3.01. The molecular weight excluding hydrogens is 126 g/mol. The van der Waals surface area contributed by atoms with Crippen LogP contribution in [-0.4, -0.2) is 12.7 Å². The molecule has 0 saturated heterocycles. The molecule has 54 valence electrons. The topological polar surface area (TPSA) is 17.1 Å². The molecule has 0 radical (unpaired) electrons. The highest BCUT2D eigenvalue weighted by molar-refractivity contribution is 5.67. The van der Waals surface area contributed by atoms with Crippen molar-refractivity contribution in [1.82, 2.24) is 0 Å². The third-order valence-electron chi connectivity index (χ3n) is 1.01. The van der Waals surface area contributed by atoms with Gasteiger partial charge in [-0.3, -0.25) is 9.18 Å². The summed E-state index contributed by atoms with van der Waals surface area (Å²) in [5.74, 6) is 0. The van der Waals surface area contributed by atoms with Gasteiger partial charge in [0.25, 0.3) is 0 Å². The zero-order valence-corrected chi connectivity index (χ0v) is 5.20. The SMILES string of the molecule is O=C(F)CCCCCF. The second kappa shape index (κ2) is 5.66. The van der Waals surface area contributed by atoms with Gasteiger partial charge in [0.15, 0.2) is 0 Å². The molecule has 0 fully saturated rings. The zero-order chi connectivity index (χ0) is 7.11. The highest BCUT2D eigenvalue weighted by Gasteiger charge is 1.95. The minimum absolute atomic E-state index is 0.0556. The van der Waals surface area contributed by atoms with Gasteiger partial charge in [-0.2, -0.15) is 4.39 Å². The first kappa shape index (κ1) is 8.53. The van der Waals surface area contributed by atoms with Crippen LogP contribution in [0.3, 0.4) is 0 Å². The lowest BCUT2D eigenvalue weighted by molar-refractivity contribution is -0.129. The van der Waals surface area contributed by atoms with E-state index in [0.717, 1.165) is 0 Å². The number of alkyl halides is 1. The van der Waals surface area contributed by atoms with Crippen molar-refractivity contribution in [3.63, 3.8) is 0 Å². The van der Waals surface area contributed by atoms with Crippen molar-refractivity contribution in [2.45, 2.75) is 25.7 Å². The number of hydrogen-bond acceptors (Lipinski definition) is 1. The molecule has 0 rings (SSSR count). The molecule has 0 amide bonds. The van der Waals surface area contributed by atoms with Crippen LogP contribution in [0, 0.1) is 0 Å². The normalized spacial score (nSPS) is 9.56. The Bertz CT molecular complexity index is 83.1. The summed E-state index contributed by atoms with van der Waals surface area (Å²) in [5, 5.41) is 0. The Morgan fingerprint density at radius 2 is 1.89 bits per heavy atom. The van der Waals surface area contributed by atoms with E-state index < -0.39 is 6.04 Å². The van der Waals surface area contributed by atoms with Crippen LogP contribution in [0.2, 0.25) is 0 Å². The van der Waals surface area contributed by atoms with Crippen LogP contribution in [0.25, 0.3) is 0 Å². The molecule has 0 saturated carbocycles. The summed E-state index contributed by atoms with van der Waals surface area (Å²) in [5.41, 5.74) is 0. The molecule has 0 aliphatic heterocycles. The highest BCUT2D eigenvalue weighted by atomic mass is 19.1. The van der Waals surface area contributed by atoms with Gasteiger partial charge in [-0.15, -0.1) is 0 Å². The highest BCUT2D eigenvalue weighted by Crippen LogP contribution is 2.00. The predicted molar refractivity (Wildman–Crippen MR) is 30.6 cm³/mol. The van der Waals surface area contributed by atoms with Gasteiger partial charge in [0, 0.05) is 6.42 Å². The van der Waals surface area contributed by atoms with Crippen LogP contribution in [0.1, 0.15) is 25.7 Å². The van der Waals surface area contributed by atoms with Gasteiger partial charge in [0.05, 0.1) is 6.67 Å². The zero-order valence-electron chi connectivity index (χ0n) is 5.20. The summed E-state index contributed by atoms with van der Waals surface area (Å²) < 4.78 is 22.7. The van der Waals surface area contributed by atoms with Crippen molar-refractivity contribution >= 4 is 6.04 Å². The maximum absolute atomic E-state index is 11.4. The minimum atomic E-state index is -1.30. The van der Waals surface area contributed by atoms with Crippen LogP contribution in [0.4, 0.5) is 8.78 Å². The van der Waals surface area contributed by atoms with Crippen LogP contribution in [0.15, 0.2) is 0 Å². The van der Waals surface area contributed by atoms with Gasteiger partial charge in [-0.25, -0.2) is 0 Å². The Hall–Kier alpha value is -0.470. The standard InChI is InChI=1S/C6H10F2O/c7-5-3-1-2-4-6(8)9/h1-5H2. The number of rotatable bonds is 5. The molecule has 0 unspecified atom stereocenters. The predicted octanol–water partition coefficient (Wildman–Crippen LogP) is 2.01. The molecule has 0 heterocycles. The molecule has 0 aromatic heterocycles. The van der Waals surface area contributed by atoms with E-state index >= 15 is 0 Å². The van der Waals surface area contributed by atoms with Crippen LogP contribution < -0.4 is 0 Å². The molecule has 0 N–H and O–H groups in total. The summed E-state index contributed by atoms with van der Waals surface area (Å²) in [4.78, 5) is 9.65. The first-order valence-corrected chi connectivity index (χ1v) is 3.01. The summed E-state index contributed by atoms with van der Waals surface area (Å²) >= 11 is 0. The monoisotopic (exact) mass is 136 g/mol. The van der Waals surface area contributed by atoms with Crippen LogP contribution in [0.5, 0.6) is 0 Å². The molecule has 0 aromatic rings. The smallest absolute Gasteiger partial charge is 0.261 e. The maximum atomic E-state index is 11.4. The molecule has 0 aliphatic carbocycles. The molecule has 9 heavy (non-hydrogen) atoms. The Kier molecular flexibility index (Phi) is 5.37. The maximum Gasteiger partial charge on any atom is 0.301 e.